The molecule has 0 bridgehead atoms. The zero-order chi connectivity index (χ0) is 14.9. The zero-order valence-corrected chi connectivity index (χ0v) is 11.3. The maximum absolute atomic E-state index is 12.5. The van der Waals surface area contributed by atoms with Gasteiger partial charge in [0.1, 0.15) is 0 Å². The molecule has 1 unspecified atom stereocenters. The van der Waals surface area contributed by atoms with Gasteiger partial charge in [0.05, 0.1) is 11.8 Å². The average molecular weight is 283 g/mol. The summed E-state index contributed by atoms with van der Waals surface area (Å²) in [5, 5.41) is 4.11. The van der Waals surface area contributed by atoms with E-state index in [2.05, 4.69) is 5.10 Å². The summed E-state index contributed by atoms with van der Waals surface area (Å²) >= 11 is 0. The third kappa shape index (κ3) is 3.01. The van der Waals surface area contributed by atoms with Crippen molar-refractivity contribution in [1.29, 1.82) is 0 Å². The molecule has 0 fully saturated rings. The van der Waals surface area contributed by atoms with E-state index in [1.165, 1.54) is 12.1 Å². The van der Waals surface area contributed by atoms with Crippen molar-refractivity contribution in [1.82, 2.24) is 9.78 Å². The first-order valence-corrected chi connectivity index (χ1v) is 6.19. The SMILES string of the molecule is Cc1c(C(N)Cc2ccc(C(F)(F)F)cc2)cnn1C. The summed E-state index contributed by atoms with van der Waals surface area (Å²) in [6.45, 7) is 1.91. The van der Waals surface area contributed by atoms with E-state index in [9.17, 15) is 13.2 Å². The van der Waals surface area contributed by atoms with Crippen LogP contribution in [0.3, 0.4) is 0 Å². The maximum Gasteiger partial charge on any atom is 0.416 e. The zero-order valence-electron chi connectivity index (χ0n) is 11.3. The molecule has 0 spiro atoms. The molecule has 1 aromatic heterocycles. The van der Waals surface area contributed by atoms with Crippen LogP contribution in [0.5, 0.6) is 0 Å². The second-order valence-corrected chi connectivity index (χ2v) is 4.81. The Kier molecular flexibility index (Phi) is 3.85. The Balaban J connectivity index is 2.12. The Morgan fingerprint density at radius 2 is 1.85 bits per heavy atom. The van der Waals surface area contributed by atoms with E-state index in [1.807, 2.05) is 14.0 Å². The van der Waals surface area contributed by atoms with Gasteiger partial charge in [-0.1, -0.05) is 12.1 Å². The van der Waals surface area contributed by atoms with E-state index in [1.54, 1.807) is 10.9 Å². The standard InChI is InChI=1S/C14H16F3N3/c1-9-12(8-19-20(9)2)13(18)7-10-3-5-11(6-4-10)14(15,16)17/h3-6,8,13H,7,18H2,1-2H3. The second kappa shape index (κ2) is 5.28. The number of alkyl halides is 3. The van der Waals surface area contributed by atoms with Crippen molar-refractivity contribution >= 4 is 0 Å². The monoisotopic (exact) mass is 283 g/mol. The van der Waals surface area contributed by atoms with Crippen molar-refractivity contribution < 1.29 is 13.2 Å². The molecule has 0 radical (unpaired) electrons. The van der Waals surface area contributed by atoms with Crippen LogP contribution in [0.2, 0.25) is 0 Å². The molecular weight excluding hydrogens is 267 g/mol. The quantitative estimate of drug-likeness (QED) is 0.941. The summed E-state index contributed by atoms with van der Waals surface area (Å²) in [5.41, 5.74) is 8.09. The summed E-state index contributed by atoms with van der Waals surface area (Å²) in [4.78, 5) is 0. The molecule has 0 amide bonds. The largest absolute Gasteiger partial charge is 0.416 e. The molecule has 2 rings (SSSR count). The van der Waals surface area contributed by atoms with Gasteiger partial charge in [-0.2, -0.15) is 18.3 Å². The van der Waals surface area contributed by atoms with Gasteiger partial charge < -0.3 is 5.73 Å². The van der Waals surface area contributed by atoms with Crippen LogP contribution in [-0.4, -0.2) is 9.78 Å². The molecule has 3 nitrogen and oxygen atoms in total. The summed E-state index contributed by atoms with van der Waals surface area (Å²) in [5.74, 6) is 0. The number of aryl methyl sites for hydroxylation is 1. The van der Waals surface area contributed by atoms with Gasteiger partial charge >= 0.3 is 6.18 Å². The summed E-state index contributed by atoms with van der Waals surface area (Å²) in [7, 11) is 1.82. The van der Waals surface area contributed by atoms with Crippen LogP contribution in [0.15, 0.2) is 30.5 Å². The number of nitrogens with zero attached hydrogens (tertiary/aromatic N) is 2. The lowest BCUT2D eigenvalue weighted by Crippen LogP contribution is -2.14. The molecule has 108 valence electrons. The van der Waals surface area contributed by atoms with Crippen LogP contribution >= 0.6 is 0 Å². The lowest BCUT2D eigenvalue weighted by molar-refractivity contribution is -0.137. The minimum Gasteiger partial charge on any atom is -0.324 e. The van der Waals surface area contributed by atoms with Crippen LogP contribution in [0.4, 0.5) is 13.2 Å². The van der Waals surface area contributed by atoms with Crippen LogP contribution in [0, 0.1) is 6.92 Å². The van der Waals surface area contributed by atoms with E-state index in [4.69, 9.17) is 5.73 Å². The van der Waals surface area contributed by atoms with Crippen LogP contribution in [0.1, 0.15) is 28.4 Å². The molecule has 0 aliphatic rings. The van der Waals surface area contributed by atoms with Gasteiger partial charge in [0.2, 0.25) is 0 Å². The number of hydrogen-bond donors (Lipinski definition) is 1. The number of hydrogen-bond acceptors (Lipinski definition) is 2. The fourth-order valence-electron chi connectivity index (χ4n) is 2.07. The Hall–Kier alpha value is -1.82. The topological polar surface area (TPSA) is 43.8 Å². The fraction of sp³-hybridized carbons (Fsp3) is 0.357. The Morgan fingerprint density at radius 1 is 1.25 bits per heavy atom. The van der Waals surface area contributed by atoms with Crippen molar-refractivity contribution in [3.05, 3.63) is 52.8 Å². The summed E-state index contributed by atoms with van der Waals surface area (Å²) in [6, 6.07) is 4.82. The third-order valence-electron chi connectivity index (χ3n) is 3.41. The highest BCUT2D eigenvalue weighted by molar-refractivity contribution is 5.28. The van der Waals surface area contributed by atoms with Crippen LogP contribution in [0.25, 0.3) is 0 Å². The molecule has 6 heteroatoms. The fourth-order valence-corrected chi connectivity index (χ4v) is 2.07. The lowest BCUT2D eigenvalue weighted by atomic mass is 9.99. The minimum atomic E-state index is -4.30. The number of rotatable bonds is 3. The van der Waals surface area contributed by atoms with Crippen molar-refractivity contribution in [3.8, 4) is 0 Å². The highest BCUT2D eigenvalue weighted by atomic mass is 19.4. The predicted molar refractivity (Wildman–Crippen MR) is 70.0 cm³/mol. The highest BCUT2D eigenvalue weighted by Crippen LogP contribution is 2.29. The van der Waals surface area contributed by atoms with Gasteiger partial charge in [0.15, 0.2) is 0 Å². The van der Waals surface area contributed by atoms with E-state index in [-0.39, 0.29) is 6.04 Å². The smallest absolute Gasteiger partial charge is 0.324 e. The van der Waals surface area contributed by atoms with Gasteiger partial charge in [0, 0.05) is 24.3 Å². The first-order valence-electron chi connectivity index (χ1n) is 6.19. The molecule has 0 aliphatic heterocycles. The Bertz CT molecular complexity index is 585. The molecule has 1 atom stereocenters. The van der Waals surface area contributed by atoms with Crippen molar-refractivity contribution in [3.63, 3.8) is 0 Å². The van der Waals surface area contributed by atoms with Crippen molar-refractivity contribution in [2.45, 2.75) is 25.6 Å². The molecule has 1 aromatic carbocycles. The average Bonchev–Trinajstić information content (AvgIpc) is 2.69. The minimum absolute atomic E-state index is 0.277. The molecule has 2 N–H and O–H groups in total. The second-order valence-electron chi connectivity index (χ2n) is 4.81. The molecular formula is C14H16F3N3. The van der Waals surface area contributed by atoms with E-state index in [0.717, 1.165) is 29.0 Å². The van der Waals surface area contributed by atoms with Gasteiger partial charge in [0.25, 0.3) is 0 Å². The molecule has 0 aliphatic carbocycles. The highest BCUT2D eigenvalue weighted by Gasteiger charge is 2.30. The van der Waals surface area contributed by atoms with Gasteiger partial charge in [-0.25, -0.2) is 0 Å². The molecule has 0 saturated carbocycles. The van der Waals surface area contributed by atoms with Crippen molar-refractivity contribution in [2.24, 2.45) is 12.8 Å². The summed E-state index contributed by atoms with van der Waals surface area (Å²) in [6.07, 6.45) is -2.13. The summed E-state index contributed by atoms with van der Waals surface area (Å²) < 4.78 is 39.1. The van der Waals surface area contributed by atoms with E-state index < -0.39 is 11.7 Å². The predicted octanol–water partition coefficient (Wildman–Crippen LogP) is 2.99. The van der Waals surface area contributed by atoms with Crippen LogP contribution in [-0.2, 0) is 19.6 Å². The van der Waals surface area contributed by atoms with Crippen molar-refractivity contribution in [2.75, 3.05) is 0 Å². The molecule has 20 heavy (non-hydrogen) atoms. The van der Waals surface area contributed by atoms with Gasteiger partial charge in [-0.05, 0) is 31.0 Å². The van der Waals surface area contributed by atoms with Gasteiger partial charge in [-0.3, -0.25) is 4.68 Å². The number of nitrogens with two attached hydrogens (primary N) is 1. The first kappa shape index (κ1) is 14.6. The van der Waals surface area contributed by atoms with Gasteiger partial charge in [-0.15, -0.1) is 0 Å². The van der Waals surface area contributed by atoms with Crippen LogP contribution < -0.4 is 5.73 Å². The molecule has 2 aromatic rings. The third-order valence-corrected chi connectivity index (χ3v) is 3.41. The molecule has 1 heterocycles. The number of benzene rings is 1. The lowest BCUT2D eigenvalue weighted by Gasteiger charge is -2.12. The van der Waals surface area contributed by atoms with E-state index in [0.29, 0.717) is 6.42 Å². The number of aromatic nitrogens is 2. The normalized spacial score (nSPS) is 13.5. The molecule has 0 saturated heterocycles. The Morgan fingerprint density at radius 3 is 2.30 bits per heavy atom. The maximum atomic E-state index is 12.5. The van der Waals surface area contributed by atoms with E-state index >= 15 is 0 Å². The number of halogens is 3. The first-order chi connectivity index (χ1) is 9.29. The Labute approximate surface area is 115 Å².